The van der Waals surface area contributed by atoms with Crippen molar-refractivity contribution in [3.05, 3.63) is 193 Å². The van der Waals surface area contributed by atoms with Gasteiger partial charge in [0, 0.05) is 23.4 Å². The van der Waals surface area contributed by atoms with Crippen LogP contribution in [0.25, 0.3) is 44.8 Å². The first-order chi connectivity index (χ1) is 28.0. The number of rotatable bonds is 12. The number of benzene rings is 6. The molecule has 280 valence electrons. The summed E-state index contributed by atoms with van der Waals surface area (Å²) in [7, 11) is 0. The average molecular weight is 747 g/mol. The first kappa shape index (κ1) is 35.6. The van der Waals surface area contributed by atoms with Crippen LogP contribution in [0.1, 0.15) is 49.1 Å². The number of hydrogen-bond donors (Lipinski definition) is 0. The van der Waals surface area contributed by atoms with Crippen molar-refractivity contribution in [1.29, 1.82) is 0 Å². The van der Waals surface area contributed by atoms with E-state index in [-0.39, 0.29) is 0 Å². The Morgan fingerprint density at radius 1 is 0.667 bits per heavy atom. The zero-order chi connectivity index (χ0) is 38.8. The van der Waals surface area contributed by atoms with Crippen molar-refractivity contribution in [3.63, 3.8) is 0 Å². The Labute approximate surface area is 331 Å². The molecule has 9 rings (SSSR count). The van der Waals surface area contributed by atoms with Gasteiger partial charge >= 0.3 is 0 Å². The monoisotopic (exact) mass is 746 g/mol. The van der Waals surface area contributed by atoms with E-state index in [0.717, 1.165) is 61.2 Å². The Hall–Kier alpha value is -7.13. The van der Waals surface area contributed by atoms with E-state index in [9.17, 15) is 0 Å². The molecule has 0 unspecified atom stereocenters. The summed E-state index contributed by atoms with van der Waals surface area (Å²) in [5.74, 6) is 0.545. The third-order valence-corrected chi connectivity index (χ3v) is 10.5. The normalized spacial score (nSPS) is 11.7. The summed E-state index contributed by atoms with van der Waals surface area (Å²) in [4.78, 5) is 11.3. The van der Waals surface area contributed by atoms with Crippen molar-refractivity contribution in [2.24, 2.45) is 0 Å². The number of tetrazole rings is 1. The van der Waals surface area contributed by atoms with Crippen molar-refractivity contribution in [3.8, 4) is 39.8 Å². The maximum absolute atomic E-state index is 6.05. The predicted octanol–water partition coefficient (Wildman–Crippen LogP) is 10.1. The van der Waals surface area contributed by atoms with Gasteiger partial charge in [0.05, 0.1) is 36.2 Å². The lowest BCUT2D eigenvalue weighted by Gasteiger charge is -2.34. The summed E-state index contributed by atoms with van der Waals surface area (Å²) in [6, 6.07) is 55.3. The lowest BCUT2D eigenvalue weighted by molar-refractivity contribution is 0.301. The fourth-order valence-corrected chi connectivity index (χ4v) is 7.68. The molecular weight excluding hydrogens is 705 g/mol. The molecular formula is C48H42N8O. The minimum atomic E-state index is -0.859. The molecule has 0 N–H and O–H groups in total. The van der Waals surface area contributed by atoms with Gasteiger partial charge in [-0.15, -0.1) is 15.0 Å². The maximum Gasteiger partial charge on any atom is 0.297 e. The largest absolute Gasteiger partial charge is 0.465 e. The van der Waals surface area contributed by atoms with Gasteiger partial charge in [-0.05, 0) is 71.5 Å². The van der Waals surface area contributed by atoms with Crippen LogP contribution in [0.4, 0.5) is 0 Å². The Bertz CT molecular complexity index is 2650. The smallest absolute Gasteiger partial charge is 0.297 e. The topological polar surface area (TPSA) is 88.5 Å². The van der Waals surface area contributed by atoms with Crippen LogP contribution in [0.5, 0.6) is 6.01 Å². The molecule has 6 aromatic carbocycles. The average Bonchev–Trinajstić information content (AvgIpc) is 4.03. The van der Waals surface area contributed by atoms with Crippen LogP contribution in [0.15, 0.2) is 170 Å². The van der Waals surface area contributed by atoms with Gasteiger partial charge in [0.2, 0.25) is 5.82 Å². The summed E-state index contributed by atoms with van der Waals surface area (Å²) in [5.41, 5.74) is 10.2. The van der Waals surface area contributed by atoms with Crippen LogP contribution in [0.3, 0.4) is 0 Å². The number of ether oxygens (including phenoxy) is 1. The van der Waals surface area contributed by atoms with Crippen LogP contribution >= 0.6 is 0 Å². The van der Waals surface area contributed by atoms with E-state index >= 15 is 0 Å². The zero-order valence-corrected chi connectivity index (χ0v) is 32.1. The minimum Gasteiger partial charge on any atom is -0.465 e. The Balaban J connectivity index is 1.05. The maximum atomic E-state index is 6.05. The number of fused-ring (bicyclic) bond motifs is 1. The van der Waals surface area contributed by atoms with Crippen LogP contribution < -0.4 is 4.74 Å². The Morgan fingerprint density at radius 3 is 1.86 bits per heavy atom. The van der Waals surface area contributed by atoms with E-state index < -0.39 is 5.54 Å². The molecule has 3 aromatic heterocycles. The van der Waals surface area contributed by atoms with Gasteiger partial charge in [0.1, 0.15) is 0 Å². The Morgan fingerprint density at radius 2 is 1.26 bits per heavy atom. The molecule has 57 heavy (non-hydrogen) atoms. The molecule has 9 heteroatoms. The molecule has 0 aliphatic heterocycles. The van der Waals surface area contributed by atoms with E-state index in [1.807, 2.05) is 43.6 Å². The van der Waals surface area contributed by atoms with Crippen molar-refractivity contribution >= 4 is 11.0 Å². The molecule has 0 atom stereocenters. The van der Waals surface area contributed by atoms with Crippen molar-refractivity contribution in [1.82, 2.24) is 39.3 Å². The molecule has 0 fully saturated rings. The minimum absolute atomic E-state index is 0.344. The third kappa shape index (κ3) is 6.57. The van der Waals surface area contributed by atoms with E-state index in [4.69, 9.17) is 25.1 Å². The fraction of sp³-hybridized carbons (Fsp3) is 0.146. The molecule has 3 heterocycles. The van der Waals surface area contributed by atoms with Gasteiger partial charge in [-0.3, -0.25) is 4.57 Å². The first-order valence-corrected chi connectivity index (χ1v) is 19.4. The number of imidazole rings is 2. The predicted molar refractivity (Wildman–Crippen MR) is 225 cm³/mol. The molecule has 0 radical (unpaired) electrons. The summed E-state index contributed by atoms with van der Waals surface area (Å²) < 4.78 is 10.3. The van der Waals surface area contributed by atoms with Crippen molar-refractivity contribution < 1.29 is 4.74 Å². The summed E-state index contributed by atoms with van der Waals surface area (Å²) in [6.07, 6.45) is 3.96. The molecule has 0 bridgehead atoms. The lowest BCUT2D eigenvalue weighted by atomic mass is 9.77. The molecule has 9 aromatic rings. The molecule has 9 nitrogen and oxygen atoms in total. The van der Waals surface area contributed by atoms with Crippen LogP contribution in [-0.2, 0) is 12.1 Å². The zero-order valence-electron chi connectivity index (χ0n) is 32.1. The summed E-state index contributed by atoms with van der Waals surface area (Å²) >= 11 is 0. The molecule has 0 saturated carbocycles. The van der Waals surface area contributed by atoms with Gasteiger partial charge in [0.15, 0.2) is 5.54 Å². The van der Waals surface area contributed by atoms with Gasteiger partial charge in [-0.2, -0.15) is 4.98 Å². The second kappa shape index (κ2) is 15.2. The van der Waals surface area contributed by atoms with Gasteiger partial charge in [-0.1, -0.05) is 146 Å². The highest BCUT2D eigenvalue weighted by atomic mass is 16.5. The van der Waals surface area contributed by atoms with E-state index in [1.165, 1.54) is 0 Å². The number of aromatic nitrogens is 8. The van der Waals surface area contributed by atoms with Crippen LogP contribution in [-0.4, -0.2) is 45.9 Å². The second-order valence-corrected chi connectivity index (χ2v) is 14.4. The highest BCUT2D eigenvalue weighted by molar-refractivity contribution is 5.83. The quantitative estimate of drug-likeness (QED) is 0.116. The van der Waals surface area contributed by atoms with Crippen LogP contribution in [0.2, 0.25) is 0 Å². The standard InChI is InChI=1S/C48H42N8O/c1-4-57-47-50-43-30-37(44-32-54(33-49-44)34(2)3)28-29-45(43)55(47)31-35-24-26-36(27-25-35)41-22-14-15-23-42(41)46-51-53-56(52-46)48(38-16-8-5-9-17-38,39-18-10-6-11-19-39)40-20-12-7-13-21-40/h5-30,32-34H,4,31H2,1-3H3. The SMILES string of the molecule is CCOc1nc2cc(-c3cn(C(C)C)cn3)ccc2n1Cc1ccc(-c2ccccc2-c2nnn(C(c3ccccc3)(c3ccccc3)c3ccccc3)n2)cc1. The van der Waals surface area contributed by atoms with Gasteiger partial charge < -0.3 is 9.30 Å². The number of hydrogen-bond acceptors (Lipinski definition) is 6. The highest BCUT2D eigenvalue weighted by Gasteiger charge is 2.41. The van der Waals surface area contributed by atoms with E-state index in [0.29, 0.717) is 31.0 Å². The molecule has 0 aliphatic rings. The Kier molecular flexibility index (Phi) is 9.48. The molecule has 0 amide bonds. The lowest BCUT2D eigenvalue weighted by Crippen LogP contribution is -2.39. The molecule has 0 aliphatic carbocycles. The van der Waals surface area contributed by atoms with Gasteiger partial charge in [0.25, 0.3) is 6.01 Å². The van der Waals surface area contributed by atoms with E-state index in [1.54, 1.807) is 4.80 Å². The first-order valence-electron chi connectivity index (χ1n) is 19.4. The highest BCUT2D eigenvalue weighted by Crippen LogP contribution is 2.40. The third-order valence-electron chi connectivity index (χ3n) is 10.5. The molecule has 0 saturated heterocycles. The number of nitrogens with zero attached hydrogens (tertiary/aromatic N) is 8. The van der Waals surface area contributed by atoms with Crippen LogP contribution in [0, 0.1) is 0 Å². The van der Waals surface area contributed by atoms with Gasteiger partial charge in [-0.25, -0.2) is 4.98 Å². The summed E-state index contributed by atoms with van der Waals surface area (Å²) in [5, 5.41) is 14.7. The second-order valence-electron chi connectivity index (χ2n) is 14.4. The molecule has 0 spiro atoms. The van der Waals surface area contributed by atoms with Crippen molar-refractivity contribution in [2.45, 2.75) is 38.9 Å². The summed E-state index contributed by atoms with van der Waals surface area (Å²) in [6.45, 7) is 7.40. The van der Waals surface area contributed by atoms with E-state index in [2.05, 4.69) is 162 Å². The van der Waals surface area contributed by atoms with Crippen molar-refractivity contribution in [2.75, 3.05) is 6.61 Å². The fourth-order valence-electron chi connectivity index (χ4n) is 7.68.